The number of benzene rings is 1. The van der Waals surface area contributed by atoms with Gasteiger partial charge in [0.2, 0.25) is 5.91 Å². The van der Waals surface area contributed by atoms with Crippen molar-refractivity contribution in [2.75, 3.05) is 6.54 Å². The minimum atomic E-state index is -0.567. The van der Waals surface area contributed by atoms with Crippen molar-refractivity contribution in [3.8, 4) is 0 Å². The highest BCUT2D eigenvalue weighted by Gasteiger charge is 2.10. The minimum absolute atomic E-state index is 0.254. The van der Waals surface area contributed by atoms with E-state index in [-0.39, 0.29) is 12.1 Å². The number of nitrogens with one attached hydrogen (secondary N) is 2. The number of imide groups is 1. The molecule has 2 aromatic rings. The maximum atomic E-state index is 12.2. The van der Waals surface area contributed by atoms with Crippen LogP contribution in [-0.2, 0) is 11.3 Å². The number of rotatable bonds is 4. The lowest BCUT2D eigenvalue weighted by molar-refractivity contribution is -0.120. The van der Waals surface area contributed by atoms with Crippen LogP contribution in [0.1, 0.15) is 13.3 Å². The van der Waals surface area contributed by atoms with Gasteiger partial charge in [-0.2, -0.15) is 0 Å². The Labute approximate surface area is 121 Å². The summed E-state index contributed by atoms with van der Waals surface area (Å²) in [5.74, 6) is -0.567. The highest BCUT2D eigenvalue weighted by molar-refractivity contribution is 5.94. The van der Waals surface area contributed by atoms with Gasteiger partial charge in [-0.05, 0) is 18.6 Å². The summed E-state index contributed by atoms with van der Waals surface area (Å²) in [7, 11) is 0. The predicted molar refractivity (Wildman–Crippen MR) is 77.8 cm³/mol. The molecular weight excluding hydrogens is 272 g/mol. The van der Waals surface area contributed by atoms with Crippen LogP contribution in [-0.4, -0.2) is 28.0 Å². The number of aromatic nitrogens is 2. The summed E-state index contributed by atoms with van der Waals surface area (Å²) in [5, 5.41) is 5.11. The number of amides is 3. The molecule has 0 aliphatic rings. The molecule has 0 spiro atoms. The largest absolute Gasteiger partial charge is 0.338 e. The average molecular weight is 288 g/mol. The number of fused-ring (bicyclic) bond motifs is 1. The number of para-hydroxylation sites is 1. The van der Waals surface area contributed by atoms with Crippen LogP contribution in [0.5, 0.6) is 0 Å². The van der Waals surface area contributed by atoms with E-state index in [1.807, 2.05) is 6.92 Å². The first-order valence-electron chi connectivity index (χ1n) is 6.63. The normalized spacial score (nSPS) is 10.3. The van der Waals surface area contributed by atoms with Gasteiger partial charge in [-0.1, -0.05) is 19.1 Å². The summed E-state index contributed by atoms with van der Waals surface area (Å²) in [6.07, 6.45) is 2.07. The summed E-state index contributed by atoms with van der Waals surface area (Å²) in [4.78, 5) is 39.3. The highest BCUT2D eigenvalue weighted by atomic mass is 16.2. The number of hydrogen-bond acceptors (Lipinski definition) is 4. The Morgan fingerprint density at radius 3 is 2.81 bits per heavy atom. The van der Waals surface area contributed by atoms with Crippen molar-refractivity contribution in [3.63, 3.8) is 0 Å². The fraction of sp³-hybridized carbons (Fsp3) is 0.286. The first-order chi connectivity index (χ1) is 10.1. The molecule has 0 bridgehead atoms. The van der Waals surface area contributed by atoms with Gasteiger partial charge in [0.15, 0.2) is 0 Å². The van der Waals surface area contributed by atoms with E-state index < -0.39 is 11.9 Å². The number of carbonyl (C=O) groups excluding carboxylic acids is 2. The molecule has 0 radical (unpaired) electrons. The van der Waals surface area contributed by atoms with Gasteiger partial charge in [-0.25, -0.2) is 9.78 Å². The zero-order valence-electron chi connectivity index (χ0n) is 11.6. The van der Waals surface area contributed by atoms with Gasteiger partial charge in [0.05, 0.1) is 17.2 Å². The molecular formula is C14H16N4O3. The maximum absolute atomic E-state index is 12.2. The molecule has 3 amide bonds. The van der Waals surface area contributed by atoms with Crippen LogP contribution >= 0.6 is 0 Å². The minimum Gasteiger partial charge on any atom is -0.338 e. The van der Waals surface area contributed by atoms with E-state index in [2.05, 4.69) is 15.6 Å². The maximum Gasteiger partial charge on any atom is 0.321 e. The smallest absolute Gasteiger partial charge is 0.321 e. The molecule has 2 N–H and O–H groups in total. The molecule has 1 aromatic heterocycles. The van der Waals surface area contributed by atoms with Crippen LogP contribution in [0, 0.1) is 0 Å². The van der Waals surface area contributed by atoms with E-state index in [0.29, 0.717) is 17.4 Å². The van der Waals surface area contributed by atoms with Gasteiger partial charge in [-0.15, -0.1) is 0 Å². The van der Waals surface area contributed by atoms with Crippen molar-refractivity contribution < 1.29 is 9.59 Å². The molecule has 0 saturated carbocycles. The summed E-state index contributed by atoms with van der Waals surface area (Å²) in [5.41, 5.74) is 0.254. The molecule has 0 aliphatic carbocycles. The van der Waals surface area contributed by atoms with Crippen molar-refractivity contribution in [1.29, 1.82) is 0 Å². The lowest BCUT2D eigenvalue weighted by Crippen LogP contribution is -2.42. The van der Waals surface area contributed by atoms with Crippen LogP contribution in [0.4, 0.5) is 4.79 Å². The summed E-state index contributed by atoms with van der Waals surface area (Å²) >= 11 is 0. The second-order valence-corrected chi connectivity index (χ2v) is 4.50. The molecule has 0 aliphatic heterocycles. The molecule has 0 atom stereocenters. The number of urea groups is 1. The monoisotopic (exact) mass is 288 g/mol. The predicted octanol–water partition coefficient (Wildman–Crippen LogP) is 0.632. The second kappa shape index (κ2) is 6.65. The zero-order chi connectivity index (χ0) is 15.2. The van der Waals surface area contributed by atoms with Crippen molar-refractivity contribution in [3.05, 3.63) is 40.9 Å². The fourth-order valence-electron chi connectivity index (χ4n) is 1.82. The first-order valence-corrected chi connectivity index (χ1v) is 6.63. The summed E-state index contributed by atoms with van der Waals surface area (Å²) < 4.78 is 1.17. The molecule has 1 aromatic carbocycles. The lowest BCUT2D eigenvalue weighted by Gasteiger charge is -2.07. The Hall–Kier alpha value is -2.70. The van der Waals surface area contributed by atoms with E-state index in [0.717, 1.165) is 6.42 Å². The Morgan fingerprint density at radius 2 is 2.05 bits per heavy atom. The third kappa shape index (κ3) is 3.65. The molecule has 2 rings (SSSR count). The van der Waals surface area contributed by atoms with Crippen LogP contribution < -0.4 is 16.2 Å². The second-order valence-electron chi connectivity index (χ2n) is 4.50. The Balaban J connectivity index is 2.09. The van der Waals surface area contributed by atoms with Crippen molar-refractivity contribution in [2.24, 2.45) is 0 Å². The summed E-state index contributed by atoms with van der Waals surface area (Å²) in [6, 6.07) is 6.31. The van der Waals surface area contributed by atoms with Crippen LogP contribution in [0.3, 0.4) is 0 Å². The van der Waals surface area contributed by atoms with Crippen molar-refractivity contribution in [1.82, 2.24) is 20.2 Å². The van der Waals surface area contributed by atoms with Crippen LogP contribution in [0.25, 0.3) is 10.9 Å². The van der Waals surface area contributed by atoms with Crippen molar-refractivity contribution in [2.45, 2.75) is 19.9 Å². The Kier molecular flexibility index (Phi) is 4.65. The number of carbonyl (C=O) groups is 2. The van der Waals surface area contributed by atoms with Gasteiger partial charge in [0.1, 0.15) is 6.54 Å². The molecule has 21 heavy (non-hydrogen) atoms. The molecule has 1 heterocycles. The van der Waals surface area contributed by atoms with Gasteiger partial charge in [0, 0.05) is 6.54 Å². The highest BCUT2D eigenvalue weighted by Crippen LogP contribution is 2.04. The lowest BCUT2D eigenvalue weighted by atomic mass is 10.2. The molecule has 110 valence electrons. The van der Waals surface area contributed by atoms with Gasteiger partial charge in [0.25, 0.3) is 5.56 Å². The van der Waals surface area contributed by atoms with Crippen LogP contribution in [0.2, 0.25) is 0 Å². The third-order valence-electron chi connectivity index (χ3n) is 2.83. The molecule has 0 unspecified atom stereocenters. The molecule has 7 nitrogen and oxygen atoms in total. The van der Waals surface area contributed by atoms with E-state index in [4.69, 9.17) is 0 Å². The molecule has 7 heteroatoms. The van der Waals surface area contributed by atoms with E-state index in [1.54, 1.807) is 24.3 Å². The third-order valence-corrected chi connectivity index (χ3v) is 2.83. The molecule has 0 fully saturated rings. The van der Waals surface area contributed by atoms with Crippen molar-refractivity contribution >= 4 is 22.8 Å². The van der Waals surface area contributed by atoms with E-state index in [1.165, 1.54) is 10.9 Å². The van der Waals surface area contributed by atoms with Gasteiger partial charge < -0.3 is 5.32 Å². The van der Waals surface area contributed by atoms with Gasteiger partial charge in [-0.3, -0.25) is 19.5 Å². The number of nitrogens with zero attached hydrogens (tertiary/aromatic N) is 2. The molecule has 0 saturated heterocycles. The topological polar surface area (TPSA) is 93.1 Å². The fourth-order valence-corrected chi connectivity index (χ4v) is 1.82. The van der Waals surface area contributed by atoms with Crippen LogP contribution in [0.15, 0.2) is 35.4 Å². The quantitative estimate of drug-likeness (QED) is 0.863. The first kappa shape index (κ1) is 14.7. The Bertz CT molecular complexity index is 723. The zero-order valence-corrected chi connectivity index (χ0v) is 11.6. The Morgan fingerprint density at radius 1 is 1.29 bits per heavy atom. The van der Waals surface area contributed by atoms with Gasteiger partial charge >= 0.3 is 6.03 Å². The van der Waals surface area contributed by atoms with E-state index in [9.17, 15) is 14.4 Å². The summed E-state index contributed by atoms with van der Waals surface area (Å²) in [6.45, 7) is 2.13. The van der Waals surface area contributed by atoms with E-state index >= 15 is 0 Å². The average Bonchev–Trinajstić information content (AvgIpc) is 2.48. The SMILES string of the molecule is CCCNC(=O)NC(=O)Cn1cnc2ccccc2c1=O. The number of hydrogen-bond donors (Lipinski definition) is 2. The standard InChI is InChI=1S/C14H16N4O3/c1-2-7-15-14(21)17-12(19)8-18-9-16-11-6-4-3-5-10(11)13(18)20/h3-6,9H,2,7-8H2,1H3,(H2,15,17,19,21).